The number of nitrogens with one attached hydrogen (secondary N) is 2. The fraction of sp³-hybridized carbons (Fsp3) is 0.600. The highest BCUT2D eigenvalue weighted by atomic mass is 127. The van der Waals surface area contributed by atoms with Gasteiger partial charge in [-0.15, -0.1) is 24.0 Å². The zero-order chi connectivity index (χ0) is 17.9. The van der Waals surface area contributed by atoms with Gasteiger partial charge in [-0.1, -0.05) is 43.2 Å². The van der Waals surface area contributed by atoms with Crippen molar-refractivity contribution >= 4 is 35.8 Å². The second-order valence-corrected chi connectivity index (χ2v) is 6.73. The molecule has 1 amide bonds. The summed E-state index contributed by atoms with van der Waals surface area (Å²) in [5.41, 5.74) is 2.42. The molecule has 0 saturated carbocycles. The molecule has 0 radical (unpaired) electrons. The fourth-order valence-electron chi connectivity index (χ4n) is 2.84. The van der Waals surface area contributed by atoms with Crippen molar-refractivity contribution in [2.45, 2.75) is 52.5 Å². The number of hydrogen-bond donors (Lipinski definition) is 2. The van der Waals surface area contributed by atoms with Crippen molar-refractivity contribution < 1.29 is 4.79 Å². The van der Waals surface area contributed by atoms with E-state index in [9.17, 15) is 4.79 Å². The molecule has 1 heterocycles. The summed E-state index contributed by atoms with van der Waals surface area (Å²) >= 11 is 0. The minimum absolute atomic E-state index is 0. The van der Waals surface area contributed by atoms with E-state index in [0.29, 0.717) is 13.1 Å². The number of unbranched alkanes of at least 4 members (excludes halogenated alkanes) is 1. The number of halogens is 1. The third-order valence-electron chi connectivity index (χ3n) is 4.48. The molecule has 0 aromatic heterocycles. The van der Waals surface area contributed by atoms with Gasteiger partial charge in [-0.25, -0.2) is 4.99 Å². The lowest BCUT2D eigenvalue weighted by Gasteiger charge is -2.27. The Kier molecular flexibility index (Phi) is 11.3. The van der Waals surface area contributed by atoms with E-state index < -0.39 is 0 Å². The van der Waals surface area contributed by atoms with E-state index in [2.05, 4.69) is 53.7 Å². The molecule has 2 rings (SSSR count). The summed E-state index contributed by atoms with van der Waals surface area (Å²) in [5, 5.41) is 6.53. The summed E-state index contributed by atoms with van der Waals surface area (Å²) in [7, 11) is 0. The Morgan fingerprint density at radius 2 is 1.81 bits per heavy atom. The fourth-order valence-corrected chi connectivity index (χ4v) is 2.84. The molecule has 0 aliphatic carbocycles. The molecule has 1 aromatic carbocycles. The van der Waals surface area contributed by atoms with Gasteiger partial charge in [-0.3, -0.25) is 4.79 Å². The zero-order valence-corrected chi connectivity index (χ0v) is 18.4. The minimum Gasteiger partial charge on any atom is -0.356 e. The topological polar surface area (TPSA) is 56.7 Å². The summed E-state index contributed by atoms with van der Waals surface area (Å²) in [6.07, 6.45) is 5.69. The highest BCUT2D eigenvalue weighted by Crippen LogP contribution is 2.08. The molecule has 2 N–H and O–H groups in total. The van der Waals surface area contributed by atoms with Crippen LogP contribution in [-0.2, 0) is 11.3 Å². The van der Waals surface area contributed by atoms with Crippen molar-refractivity contribution in [1.82, 2.24) is 15.5 Å². The lowest BCUT2D eigenvalue weighted by Crippen LogP contribution is -2.46. The predicted molar refractivity (Wildman–Crippen MR) is 119 cm³/mol. The van der Waals surface area contributed by atoms with Crippen LogP contribution in [0.4, 0.5) is 0 Å². The van der Waals surface area contributed by atoms with Crippen molar-refractivity contribution in [2.75, 3.05) is 26.2 Å². The largest absolute Gasteiger partial charge is 0.356 e. The molecular formula is C20H33IN4O. The third kappa shape index (κ3) is 8.38. The van der Waals surface area contributed by atoms with Crippen LogP contribution < -0.4 is 10.6 Å². The molecule has 26 heavy (non-hydrogen) atoms. The number of carbonyl (C=O) groups is 1. The Labute approximate surface area is 175 Å². The molecule has 0 atom stereocenters. The molecule has 6 heteroatoms. The van der Waals surface area contributed by atoms with Crippen LogP contribution in [0.3, 0.4) is 0 Å². The van der Waals surface area contributed by atoms with Crippen LogP contribution in [0, 0.1) is 6.92 Å². The van der Waals surface area contributed by atoms with Gasteiger partial charge < -0.3 is 15.5 Å². The van der Waals surface area contributed by atoms with E-state index >= 15 is 0 Å². The first-order valence-electron chi connectivity index (χ1n) is 9.54. The first-order valence-corrected chi connectivity index (χ1v) is 9.54. The lowest BCUT2D eigenvalue weighted by molar-refractivity contribution is -0.130. The molecule has 1 aromatic rings. The van der Waals surface area contributed by atoms with Gasteiger partial charge in [0.1, 0.15) is 0 Å². The SMILES string of the molecule is CCCCNC(=NCc1ccc(C)cc1)NCC(=O)N1CCCCC1.I. The number of aryl methyl sites for hydroxylation is 1. The maximum Gasteiger partial charge on any atom is 0.241 e. The van der Waals surface area contributed by atoms with Crippen molar-refractivity contribution in [2.24, 2.45) is 4.99 Å². The molecule has 1 aliphatic rings. The van der Waals surface area contributed by atoms with Gasteiger partial charge in [0.2, 0.25) is 5.91 Å². The van der Waals surface area contributed by atoms with Crippen molar-refractivity contribution in [3.05, 3.63) is 35.4 Å². The molecule has 146 valence electrons. The summed E-state index contributed by atoms with van der Waals surface area (Å²) in [6, 6.07) is 8.40. The Morgan fingerprint density at radius 3 is 2.46 bits per heavy atom. The highest BCUT2D eigenvalue weighted by Gasteiger charge is 2.16. The number of benzene rings is 1. The summed E-state index contributed by atoms with van der Waals surface area (Å²) < 4.78 is 0. The maximum atomic E-state index is 12.3. The first-order chi connectivity index (χ1) is 12.2. The molecule has 0 unspecified atom stereocenters. The molecule has 1 aliphatic heterocycles. The zero-order valence-electron chi connectivity index (χ0n) is 16.1. The Balaban J connectivity index is 0.00000338. The third-order valence-corrected chi connectivity index (χ3v) is 4.48. The van der Waals surface area contributed by atoms with Crippen LogP contribution in [-0.4, -0.2) is 42.9 Å². The quantitative estimate of drug-likeness (QED) is 0.277. The second kappa shape index (κ2) is 12.9. The number of guanidine groups is 1. The monoisotopic (exact) mass is 472 g/mol. The number of likely N-dealkylation sites (tertiary alicyclic amines) is 1. The van der Waals surface area contributed by atoms with Crippen molar-refractivity contribution in [3.63, 3.8) is 0 Å². The maximum absolute atomic E-state index is 12.3. The first kappa shape index (κ1) is 22.7. The number of carbonyl (C=O) groups excluding carboxylic acids is 1. The number of nitrogens with zero attached hydrogens (tertiary/aromatic N) is 2. The average molecular weight is 472 g/mol. The van der Waals surface area contributed by atoms with E-state index in [1.54, 1.807) is 0 Å². The van der Waals surface area contributed by atoms with Crippen LogP contribution in [0.15, 0.2) is 29.3 Å². The lowest BCUT2D eigenvalue weighted by atomic mass is 10.1. The minimum atomic E-state index is 0. The number of aliphatic imine (C=N–C) groups is 1. The Bertz CT molecular complexity index is 553. The number of rotatable bonds is 7. The van der Waals surface area contributed by atoms with Gasteiger partial charge in [-0.05, 0) is 38.2 Å². The summed E-state index contributed by atoms with van der Waals surface area (Å²) in [4.78, 5) is 18.9. The second-order valence-electron chi connectivity index (χ2n) is 6.73. The van der Waals surface area contributed by atoms with Crippen LogP contribution >= 0.6 is 24.0 Å². The van der Waals surface area contributed by atoms with Crippen LogP contribution in [0.2, 0.25) is 0 Å². The van der Waals surface area contributed by atoms with Gasteiger partial charge in [0.15, 0.2) is 5.96 Å². The van der Waals surface area contributed by atoms with Crippen LogP contribution in [0.5, 0.6) is 0 Å². The molecule has 1 fully saturated rings. The molecule has 0 spiro atoms. The molecule has 1 saturated heterocycles. The summed E-state index contributed by atoms with van der Waals surface area (Å²) in [5.74, 6) is 0.888. The molecule has 0 bridgehead atoms. The van der Waals surface area contributed by atoms with Gasteiger partial charge in [0.25, 0.3) is 0 Å². The average Bonchev–Trinajstić information content (AvgIpc) is 2.65. The highest BCUT2D eigenvalue weighted by molar-refractivity contribution is 14.0. The number of hydrogen-bond acceptors (Lipinski definition) is 2. The predicted octanol–water partition coefficient (Wildman–Crippen LogP) is 3.46. The van der Waals surface area contributed by atoms with Crippen LogP contribution in [0.1, 0.15) is 50.2 Å². The van der Waals surface area contributed by atoms with Gasteiger partial charge in [0, 0.05) is 19.6 Å². The smallest absolute Gasteiger partial charge is 0.241 e. The Hall–Kier alpha value is -1.31. The van der Waals surface area contributed by atoms with Gasteiger partial charge >= 0.3 is 0 Å². The Morgan fingerprint density at radius 1 is 1.12 bits per heavy atom. The van der Waals surface area contributed by atoms with E-state index in [-0.39, 0.29) is 29.9 Å². The van der Waals surface area contributed by atoms with Gasteiger partial charge in [0.05, 0.1) is 13.1 Å². The van der Waals surface area contributed by atoms with E-state index in [4.69, 9.17) is 0 Å². The standard InChI is InChI=1S/C20H32N4O.HI/c1-3-4-12-21-20(22-15-18-10-8-17(2)9-11-18)23-16-19(25)24-13-6-5-7-14-24;/h8-11H,3-7,12-16H2,1-2H3,(H2,21,22,23);1H. The summed E-state index contributed by atoms with van der Waals surface area (Å²) in [6.45, 7) is 7.82. The van der Waals surface area contributed by atoms with Crippen molar-refractivity contribution in [3.8, 4) is 0 Å². The van der Waals surface area contributed by atoms with E-state index in [1.807, 2.05) is 4.90 Å². The van der Waals surface area contributed by atoms with Crippen LogP contribution in [0.25, 0.3) is 0 Å². The van der Waals surface area contributed by atoms with Gasteiger partial charge in [-0.2, -0.15) is 0 Å². The van der Waals surface area contributed by atoms with Crippen molar-refractivity contribution in [1.29, 1.82) is 0 Å². The number of amides is 1. The van der Waals surface area contributed by atoms with E-state index in [0.717, 1.165) is 51.3 Å². The van der Waals surface area contributed by atoms with E-state index in [1.165, 1.54) is 17.5 Å². The normalized spacial score (nSPS) is 14.5. The molecular weight excluding hydrogens is 439 g/mol. The number of piperidine rings is 1. The molecule has 5 nitrogen and oxygen atoms in total.